The number of carbonyl (C=O) groups is 3. The molecule has 7 nitrogen and oxygen atoms in total. The number of ketones is 1. The molecule has 1 atom stereocenters. The Morgan fingerprint density at radius 3 is 2.62 bits per heavy atom. The number of anilines is 1. The highest BCUT2D eigenvalue weighted by Gasteiger charge is 2.21. The summed E-state index contributed by atoms with van der Waals surface area (Å²) < 4.78 is 5.06. The third-order valence-corrected chi connectivity index (χ3v) is 3.27. The Balaban J connectivity index is 2.01. The number of nitriles is 1. The lowest BCUT2D eigenvalue weighted by atomic mass is 10.2. The van der Waals surface area contributed by atoms with Gasteiger partial charge in [0.25, 0.3) is 5.91 Å². The molecule has 7 heteroatoms. The van der Waals surface area contributed by atoms with Crippen molar-refractivity contribution in [3.63, 3.8) is 0 Å². The number of amides is 1. The molecule has 0 spiro atoms. The van der Waals surface area contributed by atoms with Gasteiger partial charge in [-0.3, -0.25) is 9.59 Å². The van der Waals surface area contributed by atoms with Crippen molar-refractivity contribution in [3.8, 4) is 6.07 Å². The molecule has 1 amide bonds. The van der Waals surface area contributed by atoms with Gasteiger partial charge in [0.15, 0.2) is 11.9 Å². The Labute approximate surface area is 138 Å². The summed E-state index contributed by atoms with van der Waals surface area (Å²) in [5, 5.41) is 11.5. The molecule has 0 bridgehead atoms. The first-order chi connectivity index (χ1) is 11.4. The minimum atomic E-state index is -1.08. The zero-order valence-corrected chi connectivity index (χ0v) is 13.1. The molecule has 2 rings (SSSR count). The Kier molecular flexibility index (Phi) is 5.12. The molecular formula is C17H15N3O4. The predicted octanol–water partition coefficient (Wildman–Crippen LogP) is 2.27. The SMILES string of the molecule is CC(=O)c1c[nH]c(C(=O)O[C@H](C)C(=O)Nc2ccccc2C#N)c1. The van der Waals surface area contributed by atoms with Crippen molar-refractivity contribution >= 4 is 23.3 Å². The lowest BCUT2D eigenvalue weighted by Gasteiger charge is -2.13. The number of H-pyrrole nitrogens is 1. The van der Waals surface area contributed by atoms with Crippen LogP contribution in [0.2, 0.25) is 0 Å². The Morgan fingerprint density at radius 1 is 1.29 bits per heavy atom. The first kappa shape index (κ1) is 17.0. The average Bonchev–Trinajstić information content (AvgIpc) is 3.05. The summed E-state index contributed by atoms with van der Waals surface area (Å²) in [5.74, 6) is -1.51. The van der Waals surface area contributed by atoms with Crippen LogP contribution in [-0.4, -0.2) is 28.7 Å². The molecule has 2 N–H and O–H groups in total. The monoisotopic (exact) mass is 325 g/mol. The van der Waals surface area contributed by atoms with Crippen LogP contribution < -0.4 is 5.32 Å². The van der Waals surface area contributed by atoms with Crippen LogP contribution in [0.4, 0.5) is 5.69 Å². The summed E-state index contributed by atoms with van der Waals surface area (Å²) in [6.45, 7) is 2.79. The number of para-hydroxylation sites is 1. The van der Waals surface area contributed by atoms with Crippen molar-refractivity contribution in [2.75, 3.05) is 5.32 Å². The van der Waals surface area contributed by atoms with E-state index in [1.807, 2.05) is 6.07 Å². The molecule has 1 aromatic heterocycles. The van der Waals surface area contributed by atoms with E-state index in [2.05, 4.69) is 10.3 Å². The Hall–Kier alpha value is -3.40. The van der Waals surface area contributed by atoms with Gasteiger partial charge in [-0.2, -0.15) is 5.26 Å². The molecule has 0 unspecified atom stereocenters. The molecule has 0 aliphatic carbocycles. The van der Waals surface area contributed by atoms with Crippen molar-refractivity contribution in [2.24, 2.45) is 0 Å². The number of nitrogens with one attached hydrogen (secondary N) is 2. The van der Waals surface area contributed by atoms with E-state index in [0.29, 0.717) is 16.8 Å². The maximum Gasteiger partial charge on any atom is 0.355 e. The second kappa shape index (κ2) is 7.24. The number of aromatic amines is 1. The topological polar surface area (TPSA) is 112 Å². The third-order valence-electron chi connectivity index (χ3n) is 3.27. The molecule has 0 aliphatic heterocycles. The summed E-state index contributed by atoms with van der Waals surface area (Å²) in [4.78, 5) is 37.9. The standard InChI is InChI=1S/C17H15N3O4/c1-10(21)13-7-15(19-9-13)17(23)24-11(2)16(22)20-14-6-4-3-5-12(14)8-18/h3-7,9,11,19H,1-2H3,(H,20,22)/t11-/m1/s1. The number of rotatable bonds is 5. The number of hydrogen-bond donors (Lipinski definition) is 2. The number of hydrogen-bond acceptors (Lipinski definition) is 5. The van der Waals surface area contributed by atoms with E-state index in [0.717, 1.165) is 0 Å². The lowest BCUT2D eigenvalue weighted by Crippen LogP contribution is -2.30. The van der Waals surface area contributed by atoms with Crippen LogP contribution in [0.5, 0.6) is 0 Å². The van der Waals surface area contributed by atoms with Gasteiger partial charge in [-0.05, 0) is 32.0 Å². The lowest BCUT2D eigenvalue weighted by molar-refractivity contribution is -0.123. The molecule has 24 heavy (non-hydrogen) atoms. The average molecular weight is 325 g/mol. The smallest absolute Gasteiger partial charge is 0.355 e. The molecule has 122 valence electrons. The molecule has 1 aromatic carbocycles. The molecule has 0 fully saturated rings. The summed E-state index contributed by atoms with van der Waals surface area (Å²) in [6, 6.07) is 9.82. The number of esters is 1. The summed E-state index contributed by atoms with van der Waals surface area (Å²) in [7, 11) is 0. The van der Waals surface area contributed by atoms with Crippen LogP contribution in [0.25, 0.3) is 0 Å². The van der Waals surface area contributed by atoms with Crippen molar-refractivity contribution < 1.29 is 19.1 Å². The van der Waals surface area contributed by atoms with Crippen LogP contribution in [0.1, 0.15) is 40.3 Å². The fraction of sp³-hybridized carbons (Fsp3) is 0.176. The number of aromatic nitrogens is 1. The third kappa shape index (κ3) is 3.87. The summed E-state index contributed by atoms with van der Waals surface area (Å²) >= 11 is 0. The van der Waals surface area contributed by atoms with E-state index >= 15 is 0 Å². The second-order valence-corrected chi connectivity index (χ2v) is 5.05. The van der Waals surface area contributed by atoms with E-state index in [1.54, 1.807) is 24.3 Å². The van der Waals surface area contributed by atoms with Gasteiger partial charge in [-0.15, -0.1) is 0 Å². The molecule has 0 saturated carbocycles. The molecular weight excluding hydrogens is 310 g/mol. The number of benzene rings is 1. The zero-order valence-electron chi connectivity index (χ0n) is 13.1. The maximum absolute atomic E-state index is 12.1. The van der Waals surface area contributed by atoms with Crippen LogP contribution in [-0.2, 0) is 9.53 Å². The highest BCUT2D eigenvalue weighted by molar-refractivity contribution is 5.99. The fourth-order valence-electron chi connectivity index (χ4n) is 1.92. The van der Waals surface area contributed by atoms with Crippen molar-refractivity contribution in [3.05, 3.63) is 53.3 Å². The Morgan fingerprint density at radius 2 is 2.00 bits per heavy atom. The summed E-state index contributed by atoms with van der Waals surface area (Å²) in [6.07, 6.45) is 0.320. The van der Waals surface area contributed by atoms with Crippen molar-refractivity contribution in [1.82, 2.24) is 4.98 Å². The highest BCUT2D eigenvalue weighted by atomic mass is 16.5. The van der Waals surface area contributed by atoms with E-state index in [1.165, 1.54) is 26.1 Å². The Bertz CT molecular complexity index is 832. The van der Waals surface area contributed by atoms with Crippen LogP contribution in [0.3, 0.4) is 0 Å². The van der Waals surface area contributed by atoms with Crippen molar-refractivity contribution in [2.45, 2.75) is 20.0 Å². The van der Waals surface area contributed by atoms with Gasteiger partial charge in [0.05, 0.1) is 11.3 Å². The van der Waals surface area contributed by atoms with Gasteiger partial charge in [0.2, 0.25) is 0 Å². The zero-order chi connectivity index (χ0) is 17.7. The largest absolute Gasteiger partial charge is 0.448 e. The molecule has 0 saturated heterocycles. The molecule has 2 aromatic rings. The first-order valence-corrected chi connectivity index (χ1v) is 7.12. The number of Topliss-reactive ketones (excluding diaryl/α,β-unsaturated/α-hetero) is 1. The van der Waals surface area contributed by atoms with Gasteiger partial charge >= 0.3 is 5.97 Å². The van der Waals surface area contributed by atoms with Gasteiger partial charge < -0.3 is 15.0 Å². The second-order valence-electron chi connectivity index (χ2n) is 5.05. The minimum absolute atomic E-state index is 0.0808. The van der Waals surface area contributed by atoms with E-state index in [-0.39, 0.29) is 11.5 Å². The predicted molar refractivity (Wildman–Crippen MR) is 85.5 cm³/mol. The first-order valence-electron chi connectivity index (χ1n) is 7.12. The minimum Gasteiger partial charge on any atom is -0.448 e. The fourth-order valence-corrected chi connectivity index (χ4v) is 1.92. The number of carbonyl (C=O) groups excluding carboxylic acids is 3. The highest BCUT2D eigenvalue weighted by Crippen LogP contribution is 2.14. The van der Waals surface area contributed by atoms with Crippen LogP contribution in [0.15, 0.2) is 36.5 Å². The number of ether oxygens (including phenoxy) is 1. The van der Waals surface area contributed by atoms with E-state index < -0.39 is 18.0 Å². The van der Waals surface area contributed by atoms with Gasteiger partial charge in [0, 0.05) is 11.8 Å². The molecule has 1 heterocycles. The van der Waals surface area contributed by atoms with Gasteiger partial charge in [-0.1, -0.05) is 12.1 Å². The van der Waals surface area contributed by atoms with Crippen LogP contribution in [0, 0.1) is 11.3 Å². The van der Waals surface area contributed by atoms with Crippen LogP contribution >= 0.6 is 0 Å². The molecule has 0 radical (unpaired) electrons. The van der Waals surface area contributed by atoms with E-state index in [9.17, 15) is 14.4 Å². The quantitative estimate of drug-likeness (QED) is 0.647. The maximum atomic E-state index is 12.1. The molecule has 0 aliphatic rings. The van der Waals surface area contributed by atoms with Crippen molar-refractivity contribution in [1.29, 1.82) is 5.26 Å². The number of nitrogens with zero attached hydrogens (tertiary/aromatic N) is 1. The van der Waals surface area contributed by atoms with Gasteiger partial charge in [0.1, 0.15) is 11.8 Å². The van der Waals surface area contributed by atoms with Gasteiger partial charge in [-0.25, -0.2) is 4.79 Å². The normalized spacial score (nSPS) is 11.2. The van der Waals surface area contributed by atoms with E-state index in [4.69, 9.17) is 10.00 Å². The summed E-state index contributed by atoms with van der Waals surface area (Å²) in [5.41, 5.74) is 1.07.